The molecular weight excluding hydrogens is 543 g/mol. The van der Waals surface area contributed by atoms with Gasteiger partial charge in [0.2, 0.25) is 0 Å². The van der Waals surface area contributed by atoms with E-state index in [9.17, 15) is 4.79 Å². The first kappa shape index (κ1) is 41.7. The van der Waals surface area contributed by atoms with Gasteiger partial charge in [-0.05, 0) is 59.2 Å². The van der Waals surface area contributed by atoms with Crippen LogP contribution in [0.5, 0.6) is 0 Å². The van der Waals surface area contributed by atoms with Crippen LogP contribution < -0.4 is 5.09 Å². The third-order valence-corrected chi connectivity index (χ3v) is 9.04. The molecule has 0 spiro atoms. The molecule has 7 heteroatoms. The molecule has 0 saturated carbocycles. The molecule has 0 saturated heterocycles. The van der Waals surface area contributed by atoms with Crippen LogP contribution in [0.15, 0.2) is 0 Å². The summed E-state index contributed by atoms with van der Waals surface area (Å²) < 4.78 is 17.7. The van der Waals surface area contributed by atoms with Crippen LogP contribution in [0.25, 0.3) is 0 Å². The van der Waals surface area contributed by atoms with E-state index < -0.39 is 8.53 Å². The molecule has 0 aromatic heterocycles. The number of esters is 1. The van der Waals surface area contributed by atoms with Crippen LogP contribution in [0.4, 0.5) is 0 Å². The second kappa shape index (κ2) is 35.2. The highest BCUT2D eigenvalue weighted by Gasteiger charge is 2.11. The summed E-state index contributed by atoms with van der Waals surface area (Å²) in [5.74, 6) is -0.0470. The van der Waals surface area contributed by atoms with Gasteiger partial charge in [0.25, 0.3) is 8.53 Å². The summed E-state index contributed by atoms with van der Waals surface area (Å²) in [6.45, 7) is 8.61. The summed E-state index contributed by atoms with van der Waals surface area (Å²) in [4.78, 5) is 14.2. The van der Waals surface area contributed by atoms with Crippen molar-refractivity contribution in [2.75, 3.05) is 47.0 Å². The summed E-state index contributed by atoms with van der Waals surface area (Å²) >= 11 is 0. The Kier molecular flexibility index (Phi) is 35.0. The Morgan fingerprint density at radius 1 is 0.548 bits per heavy atom. The fraction of sp³-hybridized carbons (Fsp3) is 0.971. The average molecular weight is 617 g/mol. The smallest absolute Gasteiger partial charge is 0.305 e. The van der Waals surface area contributed by atoms with Gasteiger partial charge in [-0.2, -0.15) is 0 Å². The van der Waals surface area contributed by atoms with E-state index in [0.29, 0.717) is 19.6 Å². The largest absolute Gasteiger partial charge is 0.466 e. The SMILES string of the molecule is CCCCCCCCCCCCCCOP(NCCCCN(C)C)OCCCCCC(=O)OCCCCCCCCC. The van der Waals surface area contributed by atoms with Crippen molar-refractivity contribution in [1.82, 2.24) is 9.99 Å². The summed E-state index contributed by atoms with van der Waals surface area (Å²) in [6, 6.07) is 0. The Labute approximate surface area is 264 Å². The van der Waals surface area contributed by atoms with Gasteiger partial charge in [0.05, 0.1) is 19.8 Å². The molecule has 6 nitrogen and oxygen atoms in total. The maximum atomic E-state index is 12.0. The van der Waals surface area contributed by atoms with Gasteiger partial charge in [-0.1, -0.05) is 129 Å². The lowest BCUT2D eigenvalue weighted by Crippen LogP contribution is -2.17. The highest BCUT2D eigenvalue weighted by Crippen LogP contribution is 2.34. The fourth-order valence-electron chi connectivity index (χ4n) is 4.96. The first-order valence-electron chi connectivity index (χ1n) is 18.2. The number of ether oxygens (including phenoxy) is 1. The zero-order valence-corrected chi connectivity index (χ0v) is 29.6. The van der Waals surface area contributed by atoms with Crippen LogP contribution in [-0.4, -0.2) is 57.9 Å². The van der Waals surface area contributed by atoms with Crippen molar-refractivity contribution >= 4 is 14.5 Å². The number of nitrogens with zero attached hydrogens (tertiary/aromatic N) is 1. The Balaban J connectivity index is 3.86. The van der Waals surface area contributed by atoms with E-state index in [1.807, 2.05) is 0 Å². The van der Waals surface area contributed by atoms with Crippen molar-refractivity contribution in [1.29, 1.82) is 0 Å². The van der Waals surface area contributed by atoms with Gasteiger partial charge in [0.15, 0.2) is 0 Å². The maximum absolute atomic E-state index is 12.0. The molecule has 0 radical (unpaired) electrons. The Hall–Kier alpha value is -0.260. The Morgan fingerprint density at radius 2 is 0.976 bits per heavy atom. The summed E-state index contributed by atoms with van der Waals surface area (Å²) in [7, 11) is 3.21. The maximum Gasteiger partial charge on any atom is 0.305 e. The summed E-state index contributed by atoms with van der Waals surface area (Å²) in [5.41, 5.74) is 0. The molecule has 1 unspecified atom stereocenters. The molecule has 0 rings (SSSR count). The van der Waals surface area contributed by atoms with Gasteiger partial charge < -0.3 is 18.7 Å². The number of unbranched alkanes of at least 4 members (excludes halogenated alkanes) is 20. The molecule has 0 aromatic carbocycles. The average Bonchev–Trinajstić information content (AvgIpc) is 2.97. The van der Waals surface area contributed by atoms with Crippen molar-refractivity contribution < 1.29 is 18.6 Å². The quantitative estimate of drug-likeness (QED) is 0.0434. The zero-order valence-electron chi connectivity index (χ0n) is 28.7. The minimum absolute atomic E-state index is 0.0470. The van der Waals surface area contributed by atoms with Crippen LogP contribution >= 0.6 is 8.53 Å². The molecule has 252 valence electrons. The Bertz CT molecular complexity index is 539. The molecular formula is C35H73N2O4P. The fourth-order valence-corrected chi connectivity index (χ4v) is 6.14. The highest BCUT2D eigenvalue weighted by molar-refractivity contribution is 7.44. The molecule has 0 aliphatic rings. The van der Waals surface area contributed by atoms with E-state index in [4.69, 9.17) is 13.8 Å². The lowest BCUT2D eigenvalue weighted by atomic mass is 10.1. The van der Waals surface area contributed by atoms with Crippen LogP contribution in [0.1, 0.15) is 174 Å². The second-order valence-electron chi connectivity index (χ2n) is 12.4. The molecule has 1 atom stereocenters. The Morgan fingerprint density at radius 3 is 1.45 bits per heavy atom. The van der Waals surface area contributed by atoms with Gasteiger partial charge in [-0.15, -0.1) is 0 Å². The number of rotatable bonds is 35. The van der Waals surface area contributed by atoms with Crippen molar-refractivity contribution in [2.24, 2.45) is 0 Å². The number of nitrogens with one attached hydrogen (secondary N) is 1. The predicted molar refractivity (Wildman–Crippen MR) is 183 cm³/mol. The molecule has 42 heavy (non-hydrogen) atoms. The van der Waals surface area contributed by atoms with Gasteiger partial charge in [-0.25, -0.2) is 0 Å². The summed E-state index contributed by atoms with van der Waals surface area (Å²) in [6.07, 6.45) is 30.6. The number of hydrogen-bond donors (Lipinski definition) is 1. The third-order valence-electron chi connectivity index (χ3n) is 7.72. The first-order valence-corrected chi connectivity index (χ1v) is 19.4. The van der Waals surface area contributed by atoms with Crippen LogP contribution in [0.3, 0.4) is 0 Å². The predicted octanol–water partition coefficient (Wildman–Crippen LogP) is 10.7. The van der Waals surface area contributed by atoms with Crippen molar-refractivity contribution in [2.45, 2.75) is 174 Å². The lowest BCUT2D eigenvalue weighted by Gasteiger charge is -2.18. The zero-order chi connectivity index (χ0) is 30.8. The van der Waals surface area contributed by atoms with E-state index in [1.165, 1.54) is 116 Å². The van der Waals surface area contributed by atoms with E-state index in [1.54, 1.807) is 0 Å². The normalized spacial score (nSPS) is 12.3. The molecule has 0 aliphatic carbocycles. The standard InChI is InChI=1S/C35H73N2O4P/c1-5-7-9-11-13-14-15-16-17-19-21-27-33-40-42(36-30-24-25-31-37(3)4)41-34-28-22-23-29-35(38)39-32-26-20-18-12-10-8-6-2/h36H,5-34H2,1-4H3. The molecule has 0 amide bonds. The van der Waals surface area contributed by atoms with E-state index >= 15 is 0 Å². The summed E-state index contributed by atoms with van der Waals surface area (Å²) in [5, 5.41) is 3.52. The van der Waals surface area contributed by atoms with Gasteiger partial charge in [0.1, 0.15) is 0 Å². The van der Waals surface area contributed by atoms with Crippen molar-refractivity contribution in [3.8, 4) is 0 Å². The van der Waals surface area contributed by atoms with Crippen molar-refractivity contribution in [3.63, 3.8) is 0 Å². The molecule has 0 aliphatic heterocycles. The van der Waals surface area contributed by atoms with Gasteiger partial charge in [0, 0.05) is 13.0 Å². The molecule has 1 N–H and O–H groups in total. The molecule has 0 heterocycles. The van der Waals surface area contributed by atoms with Gasteiger partial charge in [-0.3, -0.25) is 9.88 Å². The monoisotopic (exact) mass is 617 g/mol. The van der Waals surface area contributed by atoms with E-state index in [-0.39, 0.29) is 5.97 Å². The first-order chi connectivity index (χ1) is 20.6. The highest BCUT2D eigenvalue weighted by atomic mass is 31.2. The second-order valence-corrected chi connectivity index (χ2v) is 13.7. The molecule has 0 aromatic rings. The van der Waals surface area contributed by atoms with E-state index in [0.717, 1.165) is 58.2 Å². The molecule has 0 bridgehead atoms. The number of carbonyl (C=O) groups is 1. The number of hydrogen-bond acceptors (Lipinski definition) is 6. The minimum atomic E-state index is -1.04. The van der Waals surface area contributed by atoms with Gasteiger partial charge >= 0.3 is 5.97 Å². The number of carbonyl (C=O) groups excluding carboxylic acids is 1. The minimum Gasteiger partial charge on any atom is -0.466 e. The molecule has 0 fully saturated rings. The topological polar surface area (TPSA) is 60.0 Å². The lowest BCUT2D eigenvalue weighted by molar-refractivity contribution is -0.143. The van der Waals surface area contributed by atoms with E-state index in [2.05, 4.69) is 37.9 Å². The van der Waals surface area contributed by atoms with Crippen LogP contribution in [0, 0.1) is 0 Å². The van der Waals surface area contributed by atoms with Crippen LogP contribution in [0.2, 0.25) is 0 Å². The third kappa shape index (κ3) is 34.2. The van der Waals surface area contributed by atoms with Crippen LogP contribution in [-0.2, 0) is 18.6 Å². The van der Waals surface area contributed by atoms with Crippen molar-refractivity contribution in [3.05, 3.63) is 0 Å².